The minimum absolute atomic E-state index is 0.0645. The molecule has 104 valence electrons. The smallest absolute Gasteiger partial charge is 0.311 e. The molecule has 8 heteroatoms. The van der Waals surface area contributed by atoms with Crippen LogP contribution in [0.1, 0.15) is 5.56 Å². The molecule has 0 aliphatic heterocycles. The number of nitro groups is 1. The lowest BCUT2D eigenvalue weighted by molar-refractivity contribution is -0.384. The third-order valence-electron chi connectivity index (χ3n) is 2.57. The van der Waals surface area contributed by atoms with Gasteiger partial charge < -0.3 is 10.7 Å². The van der Waals surface area contributed by atoms with E-state index in [2.05, 4.69) is 15.7 Å². The highest BCUT2D eigenvalue weighted by Crippen LogP contribution is 2.24. The van der Waals surface area contributed by atoms with Crippen LogP contribution in [0.5, 0.6) is 0 Å². The van der Waals surface area contributed by atoms with Gasteiger partial charge in [0.15, 0.2) is 0 Å². The molecule has 7 nitrogen and oxygen atoms in total. The van der Waals surface area contributed by atoms with Gasteiger partial charge in [-0.3, -0.25) is 10.1 Å². The van der Waals surface area contributed by atoms with Crippen LogP contribution in [0, 0.1) is 15.9 Å². The number of aromatic nitrogens is 1. The number of nitrogen functional groups attached to an aromatic ring is 1. The number of pyridine rings is 1. The van der Waals surface area contributed by atoms with Gasteiger partial charge in [0.2, 0.25) is 5.82 Å². The van der Waals surface area contributed by atoms with Crippen LogP contribution >= 0.6 is 0 Å². The number of nitrogens with one attached hydrogen (secondary N) is 2. The van der Waals surface area contributed by atoms with Crippen molar-refractivity contribution in [2.24, 2.45) is 5.84 Å². The third-order valence-corrected chi connectivity index (χ3v) is 2.57. The molecule has 0 saturated heterocycles. The fraction of sp³-hybridized carbons (Fsp3) is 0.0833. The van der Waals surface area contributed by atoms with E-state index in [0.29, 0.717) is 5.56 Å². The molecule has 0 fully saturated rings. The Kier molecular flexibility index (Phi) is 4.06. The number of rotatable bonds is 5. The lowest BCUT2D eigenvalue weighted by Crippen LogP contribution is -2.11. The molecule has 1 aromatic heterocycles. The molecule has 0 aliphatic carbocycles. The van der Waals surface area contributed by atoms with Crippen molar-refractivity contribution in [3.05, 3.63) is 57.9 Å². The summed E-state index contributed by atoms with van der Waals surface area (Å²) in [6.07, 6.45) is 0. The number of halogens is 1. The molecule has 1 aromatic carbocycles. The van der Waals surface area contributed by atoms with Gasteiger partial charge in [0.1, 0.15) is 11.6 Å². The third kappa shape index (κ3) is 3.18. The van der Waals surface area contributed by atoms with Gasteiger partial charge >= 0.3 is 5.69 Å². The van der Waals surface area contributed by atoms with Gasteiger partial charge in [-0.1, -0.05) is 12.1 Å². The fourth-order valence-corrected chi connectivity index (χ4v) is 1.64. The van der Waals surface area contributed by atoms with Crippen LogP contribution in [0.2, 0.25) is 0 Å². The van der Waals surface area contributed by atoms with Gasteiger partial charge in [-0.2, -0.15) is 0 Å². The van der Waals surface area contributed by atoms with E-state index in [0.717, 1.165) is 0 Å². The summed E-state index contributed by atoms with van der Waals surface area (Å²) in [4.78, 5) is 14.3. The Balaban J connectivity index is 2.21. The molecule has 4 N–H and O–H groups in total. The zero-order chi connectivity index (χ0) is 14.5. The Morgan fingerprint density at radius 2 is 2.15 bits per heavy atom. The van der Waals surface area contributed by atoms with Gasteiger partial charge in [0, 0.05) is 12.6 Å². The molecule has 0 bridgehead atoms. The monoisotopic (exact) mass is 277 g/mol. The topological polar surface area (TPSA) is 106 Å². The molecular formula is C12H12FN5O2. The summed E-state index contributed by atoms with van der Waals surface area (Å²) in [6, 6.07) is 8.60. The highest BCUT2D eigenvalue weighted by Gasteiger charge is 2.15. The van der Waals surface area contributed by atoms with Crippen molar-refractivity contribution in [3.63, 3.8) is 0 Å². The second-order valence-corrected chi connectivity index (χ2v) is 3.95. The fourth-order valence-electron chi connectivity index (χ4n) is 1.64. The minimum Gasteiger partial charge on any atom is -0.360 e. The molecule has 0 spiro atoms. The van der Waals surface area contributed by atoms with E-state index in [1.807, 2.05) is 0 Å². The van der Waals surface area contributed by atoms with Crippen molar-refractivity contribution in [2.45, 2.75) is 6.54 Å². The van der Waals surface area contributed by atoms with E-state index in [9.17, 15) is 14.5 Å². The maximum atomic E-state index is 13.0. The van der Waals surface area contributed by atoms with Gasteiger partial charge in [-0.25, -0.2) is 15.2 Å². The van der Waals surface area contributed by atoms with E-state index >= 15 is 0 Å². The second kappa shape index (κ2) is 5.93. The van der Waals surface area contributed by atoms with Crippen LogP contribution in [-0.4, -0.2) is 9.91 Å². The predicted molar refractivity (Wildman–Crippen MR) is 72.4 cm³/mol. The molecule has 2 aromatic rings. The first kappa shape index (κ1) is 13.7. The Morgan fingerprint density at radius 3 is 2.80 bits per heavy atom. The molecule has 0 saturated carbocycles. The molecular weight excluding hydrogens is 265 g/mol. The highest BCUT2D eigenvalue weighted by atomic mass is 19.1. The Labute approximate surface area is 113 Å². The number of benzene rings is 1. The first-order valence-electron chi connectivity index (χ1n) is 5.70. The predicted octanol–water partition coefficient (Wildman–Crippen LogP) is 2.03. The first-order chi connectivity index (χ1) is 9.60. The Bertz CT molecular complexity index is 635. The number of hydrogen-bond donors (Lipinski definition) is 3. The molecule has 0 aliphatic rings. The SMILES string of the molecule is NNc1ccc([N+](=O)[O-])c(NCc2cccc(F)c2)n1. The molecule has 20 heavy (non-hydrogen) atoms. The van der Waals surface area contributed by atoms with Crippen molar-refractivity contribution >= 4 is 17.3 Å². The van der Waals surface area contributed by atoms with E-state index in [-0.39, 0.29) is 29.7 Å². The minimum atomic E-state index is -0.554. The van der Waals surface area contributed by atoms with Crippen LogP contribution in [0.15, 0.2) is 36.4 Å². The normalized spacial score (nSPS) is 10.1. The summed E-state index contributed by atoms with van der Waals surface area (Å²) in [5.74, 6) is 5.19. The number of nitrogens with zero attached hydrogens (tertiary/aromatic N) is 2. The lowest BCUT2D eigenvalue weighted by Gasteiger charge is -2.08. The van der Waals surface area contributed by atoms with Crippen LogP contribution in [-0.2, 0) is 6.54 Å². The first-order valence-corrected chi connectivity index (χ1v) is 5.70. The van der Waals surface area contributed by atoms with Crippen molar-refractivity contribution in [1.29, 1.82) is 0 Å². The zero-order valence-electron chi connectivity index (χ0n) is 10.3. The maximum absolute atomic E-state index is 13.0. The number of anilines is 2. The highest BCUT2D eigenvalue weighted by molar-refractivity contribution is 5.60. The van der Waals surface area contributed by atoms with E-state index < -0.39 is 4.92 Å². The number of hydrogen-bond acceptors (Lipinski definition) is 6. The van der Waals surface area contributed by atoms with Gasteiger partial charge in [-0.15, -0.1) is 0 Å². The van der Waals surface area contributed by atoms with Crippen molar-refractivity contribution in [3.8, 4) is 0 Å². The summed E-state index contributed by atoms with van der Waals surface area (Å²) < 4.78 is 13.0. The van der Waals surface area contributed by atoms with Gasteiger partial charge in [0.05, 0.1) is 4.92 Å². The van der Waals surface area contributed by atoms with Crippen LogP contribution in [0.3, 0.4) is 0 Å². The van der Waals surface area contributed by atoms with Crippen LogP contribution in [0.25, 0.3) is 0 Å². The van der Waals surface area contributed by atoms with Crippen molar-refractivity contribution in [1.82, 2.24) is 4.98 Å². The Hall–Kier alpha value is -2.74. The van der Waals surface area contributed by atoms with E-state index in [1.54, 1.807) is 12.1 Å². The molecule has 1 heterocycles. The van der Waals surface area contributed by atoms with Crippen LogP contribution in [0.4, 0.5) is 21.7 Å². The van der Waals surface area contributed by atoms with Gasteiger partial charge in [0.25, 0.3) is 0 Å². The largest absolute Gasteiger partial charge is 0.360 e. The molecule has 0 amide bonds. The summed E-state index contributed by atoms with van der Waals surface area (Å²) >= 11 is 0. The summed E-state index contributed by atoms with van der Waals surface area (Å²) in [5, 5.41) is 13.7. The average molecular weight is 277 g/mol. The standard InChI is InChI=1S/C12H12FN5O2/c13-9-3-1-2-8(6-9)7-15-12-10(18(19)20)4-5-11(16-12)17-14/h1-6H,7,14H2,(H2,15,16,17). The molecule has 0 unspecified atom stereocenters. The summed E-state index contributed by atoms with van der Waals surface area (Å²) in [5.41, 5.74) is 2.77. The summed E-state index contributed by atoms with van der Waals surface area (Å²) in [7, 11) is 0. The quantitative estimate of drug-likeness (QED) is 0.438. The number of nitrogens with two attached hydrogens (primary N) is 1. The lowest BCUT2D eigenvalue weighted by atomic mass is 10.2. The van der Waals surface area contributed by atoms with E-state index in [4.69, 9.17) is 5.84 Å². The zero-order valence-corrected chi connectivity index (χ0v) is 10.3. The molecule has 0 atom stereocenters. The molecule has 2 rings (SSSR count). The average Bonchev–Trinajstić information content (AvgIpc) is 2.44. The van der Waals surface area contributed by atoms with Gasteiger partial charge in [-0.05, 0) is 23.8 Å². The van der Waals surface area contributed by atoms with E-state index in [1.165, 1.54) is 24.3 Å². The second-order valence-electron chi connectivity index (χ2n) is 3.95. The number of hydrazine groups is 1. The maximum Gasteiger partial charge on any atom is 0.311 e. The van der Waals surface area contributed by atoms with Crippen LogP contribution < -0.4 is 16.6 Å². The molecule has 0 radical (unpaired) electrons. The van der Waals surface area contributed by atoms with Crippen molar-refractivity contribution < 1.29 is 9.31 Å². The summed E-state index contributed by atoms with van der Waals surface area (Å²) in [6.45, 7) is 0.208. The Morgan fingerprint density at radius 1 is 1.35 bits per heavy atom. The van der Waals surface area contributed by atoms with Crippen molar-refractivity contribution in [2.75, 3.05) is 10.7 Å².